The van der Waals surface area contributed by atoms with E-state index in [1.165, 1.54) is 12.1 Å². The summed E-state index contributed by atoms with van der Waals surface area (Å²) in [5, 5.41) is 7.42. The Balaban J connectivity index is 0. The summed E-state index contributed by atoms with van der Waals surface area (Å²) in [5.41, 5.74) is 0. The van der Waals surface area contributed by atoms with E-state index < -0.39 is 5.97 Å². The van der Waals surface area contributed by atoms with Crippen LogP contribution in [0.25, 0.3) is 0 Å². The van der Waals surface area contributed by atoms with Gasteiger partial charge in [0.1, 0.15) is 5.82 Å². The molecular weight excluding hydrogens is 179 g/mol. The molecule has 0 fully saturated rings. The fourth-order valence-electron chi connectivity index (χ4n) is 0.415. The lowest BCUT2D eigenvalue weighted by Crippen LogP contribution is -1.78. The SMILES string of the molecule is CC(=O)O.Fc1ccccc1.S. The number of benzene rings is 1. The van der Waals surface area contributed by atoms with Gasteiger partial charge in [-0.15, -0.1) is 0 Å². The predicted molar refractivity (Wildman–Crippen MR) is 50.1 cm³/mol. The van der Waals surface area contributed by atoms with Crippen molar-refractivity contribution in [3.63, 3.8) is 0 Å². The average molecular weight is 190 g/mol. The first kappa shape index (κ1) is 13.6. The standard InChI is InChI=1S/C6H5F.C2H4O2.H2S/c7-6-4-2-1-3-5-6;1-2(3)4;/h1-5H;1H3,(H,3,4);1H2. The highest BCUT2D eigenvalue weighted by Crippen LogP contribution is 1.91. The Kier molecular flexibility index (Phi) is 9.11. The minimum absolute atomic E-state index is 0. The monoisotopic (exact) mass is 190 g/mol. The van der Waals surface area contributed by atoms with E-state index in [0.717, 1.165) is 6.92 Å². The number of carboxylic acid groups (broad SMARTS) is 1. The van der Waals surface area contributed by atoms with Crippen LogP contribution in [0.5, 0.6) is 0 Å². The lowest BCUT2D eigenvalue weighted by Gasteiger charge is -1.78. The summed E-state index contributed by atoms with van der Waals surface area (Å²) in [7, 11) is 0. The van der Waals surface area contributed by atoms with Crippen LogP contribution in [-0.2, 0) is 4.79 Å². The molecule has 0 bridgehead atoms. The summed E-state index contributed by atoms with van der Waals surface area (Å²) in [6.07, 6.45) is 0. The molecule has 0 aliphatic rings. The molecule has 0 aliphatic carbocycles. The maximum Gasteiger partial charge on any atom is 0.300 e. The van der Waals surface area contributed by atoms with Crippen molar-refractivity contribution in [3.8, 4) is 0 Å². The van der Waals surface area contributed by atoms with E-state index in [1.807, 2.05) is 0 Å². The van der Waals surface area contributed by atoms with Gasteiger partial charge >= 0.3 is 0 Å². The summed E-state index contributed by atoms with van der Waals surface area (Å²) in [5.74, 6) is -1.01. The smallest absolute Gasteiger partial charge is 0.300 e. The Labute approximate surface area is 77.5 Å². The van der Waals surface area contributed by atoms with Crippen molar-refractivity contribution in [2.45, 2.75) is 6.92 Å². The molecule has 12 heavy (non-hydrogen) atoms. The molecule has 0 radical (unpaired) electrons. The lowest BCUT2D eigenvalue weighted by molar-refractivity contribution is -0.134. The summed E-state index contributed by atoms with van der Waals surface area (Å²) in [6, 6.07) is 7.94. The molecule has 0 saturated carbocycles. The summed E-state index contributed by atoms with van der Waals surface area (Å²) in [6.45, 7) is 1.08. The quantitative estimate of drug-likeness (QED) is 0.679. The maximum absolute atomic E-state index is 11.9. The number of carboxylic acids is 1. The van der Waals surface area contributed by atoms with Gasteiger partial charge in [-0.25, -0.2) is 4.39 Å². The molecule has 1 rings (SSSR count). The van der Waals surface area contributed by atoms with Gasteiger partial charge in [-0.05, 0) is 12.1 Å². The summed E-state index contributed by atoms with van der Waals surface area (Å²) >= 11 is 0. The van der Waals surface area contributed by atoms with E-state index in [1.54, 1.807) is 18.2 Å². The van der Waals surface area contributed by atoms with Gasteiger partial charge in [-0.2, -0.15) is 13.5 Å². The second-order valence-electron chi connectivity index (χ2n) is 1.81. The molecule has 0 saturated heterocycles. The third-order valence-electron chi connectivity index (χ3n) is 0.733. The highest BCUT2D eigenvalue weighted by atomic mass is 32.1. The van der Waals surface area contributed by atoms with Gasteiger partial charge in [0, 0.05) is 6.92 Å². The molecular formula is C8H11FO2S. The largest absolute Gasteiger partial charge is 0.481 e. The summed E-state index contributed by atoms with van der Waals surface area (Å²) in [4.78, 5) is 9.00. The molecule has 0 amide bonds. The minimum Gasteiger partial charge on any atom is -0.481 e. The van der Waals surface area contributed by atoms with Crippen molar-refractivity contribution in [2.75, 3.05) is 0 Å². The zero-order valence-corrected chi connectivity index (χ0v) is 7.62. The van der Waals surface area contributed by atoms with E-state index in [2.05, 4.69) is 0 Å². The van der Waals surface area contributed by atoms with Crippen LogP contribution in [0.2, 0.25) is 0 Å². The Morgan fingerprint density at radius 1 is 1.33 bits per heavy atom. The van der Waals surface area contributed by atoms with Gasteiger partial charge in [-0.1, -0.05) is 18.2 Å². The Morgan fingerprint density at radius 2 is 1.67 bits per heavy atom. The number of hydrogen-bond donors (Lipinski definition) is 1. The first-order chi connectivity index (χ1) is 5.13. The van der Waals surface area contributed by atoms with Crippen molar-refractivity contribution >= 4 is 19.5 Å². The van der Waals surface area contributed by atoms with Crippen molar-refractivity contribution in [2.24, 2.45) is 0 Å². The van der Waals surface area contributed by atoms with E-state index in [4.69, 9.17) is 9.90 Å². The highest BCUT2D eigenvalue weighted by molar-refractivity contribution is 7.59. The Hall–Kier alpha value is -1.03. The highest BCUT2D eigenvalue weighted by Gasteiger charge is 1.77. The van der Waals surface area contributed by atoms with Crippen molar-refractivity contribution in [1.29, 1.82) is 0 Å². The summed E-state index contributed by atoms with van der Waals surface area (Å²) < 4.78 is 11.9. The minimum atomic E-state index is -0.833. The molecule has 2 nitrogen and oxygen atoms in total. The van der Waals surface area contributed by atoms with E-state index in [0.29, 0.717) is 0 Å². The van der Waals surface area contributed by atoms with Crippen LogP contribution in [0.15, 0.2) is 30.3 Å². The van der Waals surface area contributed by atoms with E-state index >= 15 is 0 Å². The molecule has 4 heteroatoms. The number of rotatable bonds is 0. The molecule has 0 spiro atoms. The number of halogens is 1. The van der Waals surface area contributed by atoms with Crippen LogP contribution in [0, 0.1) is 5.82 Å². The molecule has 0 aromatic heterocycles. The Bertz CT molecular complexity index is 210. The molecule has 0 unspecified atom stereocenters. The van der Waals surface area contributed by atoms with Crippen LogP contribution < -0.4 is 0 Å². The van der Waals surface area contributed by atoms with Gasteiger partial charge in [-0.3, -0.25) is 4.79 Å². The van der Waals surface area contributed by atoms with Gasteiger partial charge < -0.3 is 5.11 Å². The number of hydrogen-bond acceptors (Lipinski definition) is 1. The lowest BCUT2D eigenvalue weighted by atomic mass is 10.4. The van der Waals surface area contributed by atoms with Crippen molar-refractivity contribution < 1.29 is 14.3 Å². The predicted octanol–water partition coefficient (Wildman–Crippen LogP) is 2.03. The van der Waals surface area contributed by atoms with Gasteiger partial charge in [0.25, 0.3) is 5.97 Å². The van der Waals surface area contributed by atoms with Gasteiger partial charge in [0.05, 0.1) is 0 Å². The van der Waals surface area contributed by atoms with Crippen molar-refractivity contribution in [1.82, 2.24) is 0 Å². The van der Waals surface area contributed by atoms with E-state index in [9.17, 15) is 4.39 Å². The second kappa shape index (κ2) is 8.07. The number of aliphatic carboxylic acids is 1. The number of carbonyl (C=O) groups is 1. The first-order valence-corrected chi connectivity index (χ1v) is 3.03. The van der Waals surface area contributed by atoms with E-state index in [-0.39, 0.29) is 19.3 Å². The second-order valence-corrected chi connectivity index (χ2v) is 1.81. The van der Waals surface area contributed by atoms with Crippen LogP contribution >= 0.6 is 13.5 Å². The zero-order valence-electron chi connectivity index (χ0n) is 6.62. The molecule has 1 aromatic rings. The third-order valence-corrected chi connectivity index (χ3v) is 0.733. The normalized spacial score (nSPS) is 7.17. The molecule has 0 aliphatic heterocycles. The Morgan fingerprint density at radius 3 is 1.83 bits per heavy atom. The fourth-order valence-corrected chi connectivity index (χ4v) is 0.415. The van der Waals surface area contributed by atoms with Crippen LogP contribution in [0.1, 0.15) is 6.92 Å². The average Bonchev–Trinajstić information content (AvgIpc) is 1.87. The van der Waals surface area contributed by atoms with Crippen LogP contribution in [0.3, 0.4) is 0 Å². The topological polar surface area (TPSA) is 37.3 Å². The maximum atomic E-state index is 11.9. The van der Waals surface area contributed by atoms with Crippen LogP contribution in [0.4, 0.5) is 4.39 Å². The molecule has 0 heterocycles. The van der Waals surface area contributed by atoms with Crippen LogP contribution in [-0.4, -0.2) is 11.1 Å². The third kappa shape index (κ3) is 11.7. The zero-order chi connectivity index (χ0) is 8.69. The van der Waals surface area contributed by atoms with Gasteiger partial charge in [0.15, 0.2) is 0 Å². The molecule has 0 atom stereocenters. The van der Waals surface area contributed by atoms with Crippen molar-refractivity contribution in [3.05, 3.63) is 36.1 Å². The molecule has 68 valence electrons. The van der Waals surface area contributed by atoms with Gasteiger partial charge in [0.2, 0.25) is 0 Å². The first-order valence-electron chi connectivity index (χ1n) is 3.03. The fraction of sp³-hybridized carbons (Fsp3) is 0.125. The molecule has 1 N–H and O–H groups in total. The molecule has 1 aromatic carbocycles.